The van der Waals surface area contributed by atoms with Crippen LogP contribution in [0.15, 0.2) is 18.2 Å². The first-order valence-corrected chi connectivity index (χ1v) is 9.33. The van der Waals surface area contributed by atoms with Crippen molar-refractivity contribution in [2.45, 2.75) is 32.7 Å². The highest BCUT2D eigenvalue weighted by Gasteiger charge is 2.41. The number of ether oxygens (including phenoxy) is 2. The fourth-order valence-electron chi connectivity index (χ4n) is 3.93. The molecule has 0 spiro atoms. The van der Waals surface area contributed by atoms with Crippen molar-refractivity contribution in [3.05, 3.63) is 18.2 Å². The van der Waals surface area contributed by atoms with E-state index in [9.17, 15) is 9.59 Å². The highest BCUT2D eigenvalue weighted by Crippen LogP contribution is 2.37. The van der Waals surface area contributed by atoms with Gasteiger partial charge < -0.3 is 25.0 Å². The largest absolute Gasteiger partial charge is 0.497 e. The lowest BCUT2D eigenvalue weighted by Gasteiger charge is -2.43. The van der Waals surface area contributed by atoms with E-state index in [0.717, 1.165) is 6.42 Å². The van der Waals surface area contributed by atoms with Crippen LogP contribution in [0.5, 0.6) is 11.5 Å². The standard InChI is InChI=1S/C20H29N3O4/c1-20(2)12-22(8-7-17(20)21)19(25)13-9-18(24)23(11-13)15-6-5-14(26-3)10-16(15)27-4/h5-6,10,13,17H,7-9,11-12,21H2,1-4H3. The number of likely N-dealkylation sites (tertiary alicyclic amines) is 1. The first-order chi connectivity index (χ1) is 12.8. The fraction of sp³-hybridized carbons (Fsp3) is 0.600. The molecular weight excluding hydrogens is 346 g/mol. The van der Waals surface area contributed by atoms with Crippen molar-refractivity contribution in [2.24, 2.45) is 17.1 Å². The summed E-state index contributed by atoms with van der Waals surface area (Å²) in [5, 5.41) is 0. The van der Waals surface area contributed by atoms with Gasteiger partial charge in [0.1, 0.15) is 11.5 Å². The highest BCUT2D eigenvalue weighted by molar-refractivity contribution is 6.01. The Hall–Kier alpha value is -2.28. The molecule has 148 valence electrons. The maximum absolute atomic E-state index is 13.0. The molecule has 0 aromatic heterocycles. The van der Waals surface area contributed by atoms with Crippen LogP contribution in [0.25, 0.3) is 0 Å². The number of piperidine rings is 1. The maximum Gasteiger partial charge on any atom is 0.228 e. The molecule has 2 saturated heterocycles. The molecule has 2 unspecified atom stereocenters. The van der Waals surface area contributed by atoms with E-state index in [0.29, 0.717) is 36.8 Å². The van der Waals surface area contributed by atoms with E-state index in [4.69, 9.17) is 15.2 Å². The van der Waals surface area contributed by atoms with Gasteiger partial charge in [-0.05, 0) is 24.0 Å². The molecule has 7 nitrogen and oxygen atoms in total. The Balaban J connectivity index is 1.75. The summed E-state index contributed by atoms with van der Waals surface area (Å²) >= 11 is 0. The number of hydrogen-bond donors (Lipinski definition) is 1. The Morgan fingerprint density at radius 3 is 2.63 bits per heavy atom. The van der Waals surface area contributed by atoms with Crippen LogP contribution in [0.4, 0.5) is 5.69 Å². The molecule has 2 atom stereocenters. The first kappa shape index (κ1) is 19.5. The van der Waals surface area contributed by atoms with Crippen molar-refractivity contribution in [3.8, 4) is 11.5 Å². The lowest BCUT2D eigenvalue weighted by molar-refractivity contribution is -0.139. The summed E-state index contributed by atoms with van der Waals surface area (Å²) in [4.78, 5) is 29.2. The third-order valence-corrected chi connectivity index (χ3v) is 5.78. The molecular formula is C20H29N3O4. The number of hydrogen-bond acceptors (Lipinski definition) is 5. The predicted molar refractivity (Wildman–Crippen MR) is 103 cm³/mol. The molecule has 2 amide bonds. The number of rotatable bonds is 4. The smallest absolute Gasteiger partial charge is 0.228 e. The molecule has 2 aliphatic rings. The quantitative estimate of drug-likeness (QED) is 0.865. The monoisotopic (exact) mass is 375 g/mol. The number of carbonyl (C=O) groups excluding carboxylic acids is 2. The van der Waals surface area contributed by atoms with Gasteiger partial charge in [0, 0.05) is 38.2 Å². The molecule has 0 saturated carbocycles. The average molecular weight is 375 g/mol. The maximum atomic E-state index is 13.0. The Morgan fingerprint density at radius 2 is 2.00 bits per heavy atom. The molecule has 2 N–H and O–H groups in total. The number of nitrogens with zero attached hydrogens (tertiary/aromatic N) is 2. The normalized spacial score (nSPS) is 24.9. The van der Waals surface area contributed by atoms with E-state index in [1.807, 2.05) is 4.90 Å². The van der Waals surface area contributed by atoms with Gasteiger partial charge in [0.05, 0.1) is 25.8 Å². The van der Waals surface area contributed by atoms with Crippen molar-refractivity contribution < 1.29 is 19.1 Å². The van der Waals surface area contributed by atoms with Gasteiger partial charge in [-0.25, -0.2) is 0 Å². The van der Waals surface area contributed by atoms with Crippen LogP contribution in [0, 0.1) is 11.3 Å². The lowest BCUT2D eigenvalue weighted by atomic mass is 9.79. The SMILES string of the molecule is COc1ccc(N2CC(C(=O)N3CCC(N)C(C)(C)C3)CC2=O)c(OC)c1. The third-order valence-electron chi connectivity index (χ3n) is 5.78. The van der Waals surface area contributed by atoms with Crippen molar-refractivity contribution in [1.29, 1.82) is 0 Å². The van der Waals surface area contributed by atoms with Gasteiger partial charge >= 0.3 is 0 Å². The van der Waals surface area contributed by atoms with Crippen LogP contribution in [0.3, 0.4) is 0 Å². The van der Waals surface area contributed by atoms with Crippen molar-refractivity contribution in [2.75, 3.05) is 38.8 Å². The van der Waals surface area contributed by atoms with Crippen LogP contribution in [-0.4, -0.2) is 56.6 Å². The van der Waals surface area contributed by atoms with E-state index in [1.165, 1.54) is 0 Å². The minimum Gasteiger partial charge on any atom is -0.497 e. The van der Waals surface area contributed by atoms with Crippen molar-refractivity contribution in [1.82, 2.24) is 4.90 Å². The summed E-state index contributed by atoms with van der Waals surface area (Å²) in [6.07, 6.45) is 1.01. The van der Waals surface area contributed by atoms with E-state index in [-0.39, 0.29) is 35.6 Å². The van der Waals surface area contributed by atoms with E-state index >= 15 is 0 Å². The average Bonchev–Trinajstić information content (AvgIpc) is 3.04. The topological polar surface area (TPSA) is 85.1 Å². The van der Waals surface area contributed by atoms with Crippen LogP contribution in [-0.2, 0) is 9.59 Å². The van der Waals surface area contributed by atoms with Gasteiger partial charge in [-0.1, -0.05) is 13.8 Å². The second-order valence-electron chi connectivity index (χ2n) is 8.09. The molecule has 0 radical (unpaired) electrons. The van der Waals surface area contributed by atoms with Gasteiger partial charge in [-0.3, -0.25) is 9.59 Å². The van der Waals surface area contributed by atoms with Gasteiger partial charge in [0.25, 0.3) is 0 Å². The number of methoxy groups -OCH3 is 2. The highest BCUT2D eigenvalue weighted by atomic mass is 16.5. The van der Waals surface area contributed by atoms with Crippen molar-refractivity contribution in [3.63, 3.8) is 0 Å². The van der Waals surface area contributed by atoms with Gasteiger partial charge in [0.2, 0.25) is 11.8 Å². The van der Waals surface area contributed by atoms with Crippen LogP contribution < -0.4 is 20.1 Å². The van der Waals surface area contributed by atoms with E-state index in [2.05, 4.69) is 13.8 Å². The van der Waals surface area contributed by atoms with Crippen LogP contribution in [0.2, 0.25) is 0 Å². The Kier molecular flexibility index (Phi) is 5.33. The number of carbonyl (C=O) groups is 2. The van der Waals surface area contributed by atoms with E-state index < -0.39 is 0 Å². The summed E-state index contributed by atoms with van der Waals surface area (Å²) < 4.78 is 10.6. The second-order valence-corrected chi connectivity index (χ2v) is 8.09. The van der Waals surface area contributed by atoms with Gasteiger partial charge in [-0.15, -0.1) is 0 Å². The molecule has 2 heterocycles. The number of amides is 2. The number of benzene rings is 1. The minimum atomic E-state index is -0.338. The third kappa shape index (κ3) is 3.74. The predicted octanol–water partition coefficient (Wildman–Crippen LogP) is 1.64. The summed E-state index contributed by atoms with van der Waals surface area (Å²) in [5.74, 6) is 0.847. The molecule has 1 aromatic carbocycles. The number of anilines is 1. The summed E-state index contributed by atoms with van der Waals surface area (Å²) in [5.41, 5.74) is 6.73. The zero-order chi connectivity index (χ0) is 19.8. The molecule has 2 fully saturated rings. The summed E-state index contributed by atoms with van der Waals surface area (Å²) in [7, 11) is 3.14. The Labute approximate surface area is 160 Å². The van der Waals surface area contributed by atoms with Gasteiger partial charge in [0.15, 0.2) is 0 Å². The van der Waals surface area contributed by atoms with Gasteiger partial charge in [-0.2, -0.15) is 0 Å². The Morgan fingerprint density at radius 1 is 1.26 bits per heavy atom. The lowest BCUT2D eigenvalue weighted by Crippen LogP contribution is -2.55. The zero-order valence-corrected chi connectivity index (χ0v) is 16.5. The zero-order valence-electron chi connectivity index (χ0n) is 16.5. The molecule has 27 heavy (non-hydrogen) atoms. The molecule has 3 rings (SSSR count). The minimum absolute atomic E-state index is 0.0401. The molecule has 1 aromatic rings. The molecule has 0 aliphatic carbocycles. The molecule has 7 heteroatoms. The van der Waals surface area contributed by atoms with Crippen molar-refractivity contribution >= 4 is 17.5 Å². The second kappa shape index (κ2) is 7.38. The molecule has 2 aliphatic heterocycles. The summed E-state index contributed by atoms with van der Waals surface area (Å²) in [6, 6.07) is 5.42. The van der Waals surface area contributed by atoms with Crippen LogP contribution >= 0.6 is 0 Å². The Bertz CT molecular complexity index is 734. The molecule has 0 bridgehead atoms. The number of nitrogens with two attached hydrogens (primary N) is 1. The fourth-order valence-corrected chi connectivity index (χ4v) is 3.93. The summed E-state index contributed by atoms with van der Waals surface area (Å²) in [6.45, 7) is 5.82. The first-order valence-electron chi connectivity index (χ1n) is 9.33. The van der Waals surface area contributed by atoms with Crippen LogP contribution in [0.1, 0.15) is 26.7 Å². The van der Waals surface area contributed by atoms with E-state index in [1.54, 1.807) is 37.3 Å².